The van der Waals surface area contributed by atoms with E-state index in [1.807, 2.05) is 6.92 Å². The summed E-state index contributed by atoms with van der Waals surface area (Å²) in [6, 6.07) is 6.73. The molecule has 4 saturated carbocycles. The predicted molar refractivity (Wildman–Crippen MR) is 357 cm³/mol. The van der Waals surface area contributed by atoms with Crippen molar-refractivity contribution in [2.24, 2.45) is 50.2 Å². The second-order valence-corrected chi connectivity index (χ2v) is 33.1. The lowest BCUT2D eigenvalue weighted by atomic mass is 9.33. The Morgan fingerprint density at radius 2 is 1.18 bits per heavy atom. The number of benzene rings is 1. The van der Waals surface area contributed by atoms with Crippen LogP contribution >= 0.6 is 0 Å². The smallest absolute Gasteiger partial charge is 0.331 e. The van der Waals surface area contributed by atoms with E-state index in [0.29, 0.717) is 56.3 Å². The van der Waals surface area contributed by atoms with Gasteiger partial charge in [-0.3, -0.25) is 9.59 Å². The molecule has 1 aromatic carbocycles. The van der Waals surface area contributed by atoms with Crippen molar-refractivity contribution in [3.05, 3.63) is 47.6 Å². The molecule has 36 atom stereocenters. The summed E-state index contributed by atoms with van der Waals surface area (Å²) in [5, 5.41) is 178. The van der Waals surface area contributed by atoms with E-state index in [-0.39, 0.29) is 24.2 Å². The normalized spacial score (nSPS) is 50.1. The van der Waals surface area contributed by atoms with Crippen LogP contribution in [0, 0.1) is 50.2 Å². The van der Waals surface area contributed by atoms with Gasteiger partial charge in [-0.2, -0.15) is 0 Å². The van der Waals surface area contributed by atoms with Gasteiger partial charge in [0.25, 0.3) is 0 Å². The summed E-state index contributed by atoms with van der Waals surface area (Å²) in [5.41, 5.74) is -6.22. The molecule has 16 N–H and O–H groups in total. The van der Waals surface area contributed by atoms with Crippen LogP contribution in [-0.2, 0) is 76.0 Å². The van der Waals surface area contributed by atoms with Gasteiger partial charge in [0.2, 0.25) is 6.29 Å². The van der Waals surface area contributed by atoms with Gasteiger partial charge in [-0.15, -0.1) is 0 Å². The number of carbonyl (C=O) groups is 3. The zero-order valence-corrected chi connectivity index (χ0v) is 60.9. The average molecular weight is 1510 g/mol. The maximum atomic E-state index is 16.1. The Labute approximate surface area is 612 Å². The second-order valence-electron chi connectivity index (χ2n) is 33.1. The van der Waals surface area contributed by atoms with Gasteiger partial charge in [0.15, 0.2) is 43.7 Å². The molecule has 33 heteroatoms. The van der Waals surface area contributed by atoms with Crippen molar-refractivity contribution in [2.45, 2.75) is 285 Å². The topological polar surface area (TPSA) is 504 Å². The Hall–Kier alpha value is -4.13. The van der Waals surface area contributed by atoms with Gasteiger partial charge in [0, 0.05) is 6.08 Å². The summed E-state index contributed by atoms with van der Waals surface area (Å²) in [4.78, 5) is 43.9. The highest BCUT2D eigenvalue weighted by molar-refractivity contribution is 5.87. The van der Waals surface area contributed by atoms with Crippen LogP contribution in [0.3, 0.4) is 0 Å². The van der Waals surface area contributed by atoms with Crippen molar-refractivity contribution in [2.75, 3.05) is 40.1 Å². The Bertz CT molecular complexity index is 3320. The van der Waals surface area contributed by atoms with Gasteiger partial charge in [0.1, 0.15) is 109 Å². The number of aliphatic carboxylic acids is 1. The number of methoxy groups -OCH3 is 1. The molecule has 598 valence electrons. The molecule has 0 unspecified atom stereocenters. The minimum atomic E-state index is -2.28. The maximum absolute atomic E-state index is 16.1. The molecule has 0 amide bonds. The summed E-state index contributed by atoms with van der Waals surface area (Å²) in [6.07, 6.45) is -38.4. The number of carbonyl (C=O) groups excluding carboxylic acids is 2. The second kappa shape index (κ2) is 30.8. The van der Waals surface area contributed by atoms with Crippen LogP contribution < -0.4 is 4.74 Å². The number of ether oxygens (including phenoxy) is 14. The number of carboxylic acid groups (broad SMARTS) is 1. The molecule has 11 aliphatic rings. The van der Waals surface area contributed by atoms with Crippen molar-refractivity contribution < 1.29 is 162 Å². The third-order valence-corrected chi connectivity index (χ3v) is 26.3. The van der Waals surface area contributed by atoms with Gasteiger partial charge in [-0.1, -0.05) is 58.4 Å². The fourth-order valence-corrected chi connectivity index (χ4v) is 19.8. The third kappa shape index (κ3) is 14.2. The Morgan fingerprint density at radius 1 is 0.575 bits per heavy atom. The summed E-state index contributed by atoms with van der Waals surface area (Å²) < 4.78 is 84.4. The zero-order valence-electron chi connectivity index (χ0n) is 60.9. The average Bonchev–Trinajstić information content (AvgIpc) is 0.728. The van der Waals surface area contributed by atoms with Crippen LogP contribution in [0.4, 0.5) is 0 Å². The van der Waals surface area contributed by atoms with Crippen molar-refractivity contribution in [1.29, 1.82) is 0 Å². The van der Waals surface area contributed by atoms with E-state index in [2.05, 4.69) is 33.8 Å². The van der Waals surface area contributed by atoms with E-state index in [9.17, 15) is 91.3 Å². The lowest BCUT2D eigenvalue weighted by Crippen LogP contribution is -2.70. The molecule has 6 saturated heterocycles. The lowest BCUT2D eigenvalue weighted by molar-refractivity contribution is -0.388. The molecule has 1 aromatic rings. The van der Waals surface area contributed by atoms with Crippen LogP contribution in [-0.4, -0.2) is 311 Å². The highest BCUT2D eigenvalue weighted by Gasteiger charge is 2.73. The Morgan fingerprint density at radius 3 is 1.84 bits per heavy atom. The van der Waals surface area contributed by atoms with E-state index in [1.165, 1.54) is 34.0 Å². The molecule has 106 heavy (non-hydrogen) atoms. The molecule has 5 aliphatic carbocycles. The van der Waals surface area contributed by atoms with Gasteiger partial charge < -0.3 is 148 Å². The molecule has 10 fully saturated rings. The summed E-state index contributed by atoms with van der Waals surface area (Å²) in [7, 11) is 1.50. The summed E-state index contributed by atoms with van der Waals surface area (Å²) >= 11 is 0. The van der Waals surface area contributed by atoms with Gasteiger partial charge >= 0.3 is 17.9 Å². The maximum Gasteiger partial charge on any atom is 0.331 e. The van der Waals surface area contributed by atoms with Crippen molar-refractivity contribution >= 4 is 24.0 Å². The first-order valence-electron chi connectivity index (χ1n) is 36.7. The van der Waals surface area contributed by atoms with Gasteiger partial charge in [0.05, 0.1) is 69.3 Å². The highest BCUT2D eigenvalue weighted by atomic mass is 16.8. The van der Waals surface area contributed by atoms with E-state index in [1.54, 1.807) is 24.3 Å². The molecule has 33 nitrogen and oxygen atoms in total. The highest BCUT2D eigenvalue weighted by Crippen LogP contribution is 2.76. The zero-order chi connectivity index (χ0) is 77.0. The fourth-order valence-electron chi connectivity index (χ4n) is 19.8. The number of carboxylic acids is 1. The summed E-state index contributed by atoms with van der Waals surface area (Å²) in [6.45, 7) is 11.6. The molecular weight excluding hydrogens is 1400 g/mol. The number of fused-ring (bicyclic) bond motifs is 7. The predicted octanol–water partition coefficient (Wildman–Crippen LogP) is -2.10. The third-order valence-electron chi connectivity index (χ3n) is 26.3. The van der Waals surface area contributed by atoms with Gasteiger partial charge in [-0.25, -0.2) is 4.79 Å². The number of allylic oxidation sites excluding steroid dienone is 2. The van der Waals surface area contributed by atoms with Crippen LogP contribution in [0.25, 0.3) is 6.08 Å². The van der Waals surface area contributed by atoms with Crippen LogP contribution in [0.5, 0.6) is 5.75 Å². The lowest BCUT2D eigenvalue weighted by Gasteiger charge is -2.71. The molecule has 0 radical (unpaired) electrons. The fraction of sp³-hybridized carbons (Fsp3) is 0.822. The van der Waals surface area contributed by atoms with Gasteiger partial charge in [-0.05, 0) is 142 Å². The van der Waals surface area contributed by atoms with E-state index < -0.39 is 261 Å². The first-order chi connectivity index (χ1) is 49.8. The number of aliphatic hydroxyl groups is 15. The van der Waals surface area contributed by atoms with E-state index in [4.69, 9.17) is 66.3 Å². The van der Waals surface area contributed by atoms with E-state index >= 15 is 4.79 Å². The molecule has 6 heterocycles. The van der Waals surface area contributed by atoms with Crippen molar-refractivity contribution in [1.82, 2.24) is 0 Å². The molecular formula is C73H108O33. The summed E-state index contributed by atoms with van der Waals surface area (Å²) in [5.74, 6) is -3.75. The first kappa shape index (κ1) is 81.4. The standard InChI is InChI=1S/C73H108O33/c1-31-52(100-43(79)17-12-33-10-13-34(93-9)14-11-33)49(85)56(104-62-51(87)55(103-64-57(88)73(92,29-75)30-96-64)53(32(2)97-62)101-60-50(86)54(39(78)28-95-60)102-59-47(83)44(80)38(77)27-94-59)63(98-31)106-66(91)72-22-20-67(3,4)24-36(72)35-15-16-41-68(5)25-37(76)58(105-61-48(84)46(82)45(81)40(26-74)99-61)71(8,65(89)90)42(68)18-19-70(41,7)69(35,6)21-23-72/h10-15,17,31-32,36-42,44-64,74-78,80-88,92H,16,18-30H2,1-9H3,(H,89,90)/t31-,32+,36+,37+,38+,39-,40-,41-,42-,44+,45-,46+,47-,48-,49+,50-,51-,52+,53+,54+,55+,56-,57+,58+,59+,60+,61+,62+,63+,64+,68-,69-,70-,71+,72+,73-/m1/s1. The van der Waals surface area contributed by atoms with Crippen molar-refractivity contribution in [3.8, 4) is 5.75 Å². The quantitative estimate of drug-likeness (QED) is 0.0305. The number of aliphatic hydroxyl groups excluding tert-OH is 14. The molecule has 0 spiro atoms. The minimum Gasteiger partial charge on any atom is -0.497 e. The van der Waals surface area contributed by atoms with E-state index in [0.717, 1.165) is 11.6 Å². The number of rotatable bonds is 19. The number of hydrogen-bond acceptors (Lipinski definition) is 32. The minimum absolute atomic E-state index is 0.0636. The first-order valence-corrected chi connectivity index (χ1v) is 36.7. The van der Waals surface area contributed by atoms with Crippen LogP contribution in [0.1, 0.15) is 119 Å². The Balaban J connectivity index is 0.839. The SMILES string of the molecule is COc1ccc(C=CC(=O)O[C@@H]2[C@H](O)[C@@H](O[C@@H]3O[C@@H](C)[C@H](O[C@@H]4OC[C@@H](O)[C@H](O[C@@H]5OC[C@H](O)[C@H](O)[C@H]5O)[C@H]4O)[C@@H](O[C@@H]4OC[C@](O)(CO)[C@H]4O)[C@H]3O)[C@H](OC(=O)[C@]34CCC(C)(C)C[C@H]3C3=CC[C@@H]5[C@@]6(C)C[C@H](O)[C@H](O[C@@H]7O[C@H](CO)[C@@H](O)[C@H](O)[C@H]7O)[C@@](C)(C(=O)O)[C@@H]6CC[C@@]5(C)[C@]3(C)CC4)O[C@@H]2C)cc1. The number of hydrogen-bond donors (Lipinski definition) is 16. The monoisotopic (exact) mass is 1510 g/mol. The van der Waals surface area contributed by atoms with Crippen LogP contribution in [0.2, 0.25) is 0 Å². The largest absolute Gasteiger partial charge is 0.497 e. The molecule has 12 rings (SSSR count). The van der Waals surface area contributed by atoms with Crippen LogP contribution in [0.15, 0.2) is 42.0 Å². The number of esters is 2. The molecule has 6 aliphatic heterocycles. The van der Waals surface area contributed by atoms with Crippen molar-refractivity contribution in [3.63, 3.8) is 0 Å². The molecule has 0 aromatic heterocycles. The Kier molecular flexibility index (Phi) is 23.6. The molecule has 0 bridgehead atoms.